The Kier molecular flexibility index (Phi) is 8.65. The number of likely N-dealkylation sites (tertiary alicyclic amines) is 1. The highest BCUT2D eigenvalue weighted by Crippen LogP contribution is 2.37. The lowest BCUT2D eigenvalue weighted by Crippen LogP contribution is -2.46. The molecule has 6 rings (SSSR count). The van der Waals surface area contributed by atoms with Crippen molar-refractivity contribution in [3.63, 3.8) is 0 Å². The molecule has 8 nitrogen and oxygen atoms in total. The summed E-state index contributed by atoms with van der Waals surface area (Å²) in [6.45, 7) is 8.75. The molecule has 0 spiro atoms. The average molecular weight is 644 g/mol. The van der Waals surface area contributed by atoms with Gasteiger partial charge in [0.05, 0.1) is 45.8 Å². The van der Waals surface area contributed by atoms with Crippen LogP contribution in [0.4, 0.5) is 21.5 Å². The van der Waals surface area contributed by atoms with Crippen LogP contribution in [0.3, 0.4) is 0 Å². The highest BCUT2D eigenvalue weighted by atomic mass is 35.5. The zero-order chi connectivity index (χ0) is 31.7. The summed E-state index contributed by atoms with van der Waals surface area (Å²) in [6, 6.07) is 19.5. The molecule has 1 saturated heterocycles. The van der Waals surface area contributed by atoms with Crippen LogP contribution in [0.15, 0.2) is 73.1 Å². The van der Waals surface area contributed by atoms with Crippen LogP contribution >= 0.6 is 23.2 Å². The molecule has 45 heavy (non-hydrogen) atoms. The van der Waals surface area contributed by atoms with Crippen LogP contribution in [0.1, 0.15) is 62.5 Å². The molecule has 1 aliphatic rings. The second kappa shape index (κ2) is 12.6. The van der Waals surface area contributed by atoms with Crippen molar-refractivity contribution in [2.24, 2.45) is 0 Å². The van der Waals surface area contributed by atoms with Gasteiger partial charge < -0.3 is 10.6 Å². The number of pyridine rings is 1. The van der Waals surface area contributed by atoms with Crippen molar-refractivity contribution in [3.8, 4) is 6.07 Å². The van der Waals surface area contributed by atoms with Crippen LogP contribution in [0.5, 0.6) is 0 Å². The Morgan fingerprint density at radius 2 is 1.78 bits per heavy atom. The minimum atomic E-state index is -0.443. The molecule has 1 fully saturated rings. The normalized spacial score (nSPS) is 15.1. The molecule has 0 aliphatic carbocycles. The first kappa shape index (κ1) is 30.8. The van der Waals surface area contributed by atoms with Gasteiger partial charge in [0.15, 0.2) is 0 Å². The number of benzene rings is 3. The Bertz CT molecular complexity index is 1870. The molecule has 1 atom stereocenters. The summed E-state index contributed by atoms with van der Waals surface area (Å²) in [7, 11) is 0. The minimum Gasteiger partial charge on any atom is -0.373 e. The summed E-state index contributed by atoms with van der Waals surface area (Å²) in [5.41, 5.74) is 3.85. The highest BCUT2D eigenvalue weighted by molar-refractivity contribution is 6.36. The van der Waals surface area contributed by atoms with E-state index in [1.165, 1.54) is 12.3 Å². The third-order valence-electron chi connectivity index (χ3n) is 8.30. The highest BCUT2D eigenvalue weighted by Gasteiger charge is 2.29. The maximum Gasteiger partial charge on any atom is 0.146 e. The van der Waals surface area contributed by atoms with Crippen LogP contribution in [0, 0.1) is 17.1 Å². The monoisotopic (exact) mass is 642 g/mol. The molecule has 0 amide bonds. The minimum absolute atomic E-state index is 0.136. The predicted octanol–water partition coefficient (Wildman–Crippen LogP) is 8.52. The van der Waals surface area contributed by atoms with Gasteiger partial charge in [-0.25, -0.2) is 9.07 Å². The number of aromatic nitrogens is 4. The van der Waals surface area contributed by atoms with Crippen molar-refractivity contribution in [3.05, 3.63) is 106 Å². The maximum atomic E-state index is 14.6. The van der Waals surface area contributed by atoms with E-state index >= 15 is 0 Å². The van der Waals surface area contributed by atoms with E-state index in [1.54, 1.807) is 24.3 Å². The maximum absolute atomic E-state index is 14.6. The van der Waals surface area contributed by atoms with Gasteiger partial charge >= 0.3 is 0 Å². The van der Waals surface area contributed by atoms with Crippen molar-refractivity contribution >= 4 is 51.2 Å². The molecule has 0 bridgehead atoms. The van der Waals surface area contributed by atoms with Gasteiger partial charge in [0, 0.05) is 40.9 Å². The first-order valence-corrected chi connectivity index (χ1v) is 15.6. The molecule has 11 heteroatoms. The van der Waals surface area contributed by atoms with Crippen LogP contribution < -0.4 is 10.6 Å². The topological polar surface area (TPSA) is 94.7 Å². The summed E-state index contributed by atoms with van der Waals surface area (Å²) in [4.78, 5) is 6.94. The molecular weight excluding hydrogens is 610 g/mol. The smallest absolute Gasteiger partial charge is 0.146 e. The largest absolute Gasteiger partial charge is 0.373 e. The molecule has 230 valence electrons. The summed E-state index contributed by atoms with van der Waals surface area (Å²) >= 11 is 13.0. The van der Waals surface area contributed by atoms with E-state index in [0.29, 0.717) is 32.3 Å². The Balaban J connectivity index is 1.36. The van der Waals surface area contributed by atoms with Crippen LogP contribution in [-0.2, 0) is 0 Å². The quantitative estimate of drug-likeness (QED) is 0.184. The Labute approximate surface area is 271 Å². The fourth-order valence-corrected chi connectivity index (χ4v) is 6.21. The van der Waals surface area contributed by atoms with Gasteiger partial charge in [0.1, 0.15) is 17.6 Å². The standard InChI is InChI=1S/C34H33Cl2FN8/c1-34(2,3)44-14-12-25(13-15-44)45-20-30(42-43-45)32(21-8-10-23(35)11-9-21)40-24-16-26-31(41-29-7-5-4-6-28(29)37)22(18-38)19-39-33(26)27(36)17-24/h4-11,16-17,19-20,25,32,40H,12-15H2,1-3H3,(H,39,41). The molecule has 1 unspecified atom stereocenters. The van der Waals surface area contributed by atoms with Gasteiger partial charge in [-0.2, -0.15) is 5.26 Å². The van der Waals surface area contributed by atoms with Crippen LogP contribution in [0.2, 0.25) is 10.0 Å². The number of anilines is 3. The molecular formula is C34H33Cl2FN8. The molecule has 0 saturated carbocycles. The fraction of sp³-hybridized carbons (Fsp3) is 0.294. The summed E-state index contributed by atoms with van der Waals surface area (Å²) < 4.78 is 16.6. The van der Waals surface area contributed by atoms with E-state index in [9.17, 15) is 9.65 Å². The van der Waals surface area contributed by atoms with Gasteiger partial charge in [-0.15, -0.1) is 5.10 Å². The second-order valence-electron chi connectivity index (χ2n) is 12.3. The van der Waals surface area contributed by atoms with Gasteiger partial charge in [-0.1, -0.05) is 52.7 Å². The Morgan fingerprint density at radius 1 is 1.04 bits per heavy atom. The van der Waals surface area contributed by atoms with Crippen LogP contribution in [0.25, 0.3) is 10.9 Å². The number of nitrogens with zero attached hydrogens (tertiary/aromatic N) is 6. The third-order valence-corrected chi connectivity index (χ3v) is 8.84. The number of halogens is 3. The molecule has 2 N–H and O–H groups in total. The number of nitriles is 1. The number of nitrogens with one attached hydrogen (secondary N) is 2. The average Bonchev–Trinajstić information content (AvgIpc) is 3.51. The lowest BCUT2D eigenvalue weighted by Gasteiger charge is -2.40. The number of hydrogen-bond donors (Lipinski definition) is 2. The van der Waals surface area contributed by atoms with E-state index in [1.807, 2.05) is 41.2 Å². The zero-order valence-electron chi connectivity index (χ0n) is 25.2. The summed E-state index contributed by atoms with van der Waals surface area (Å²) in [5, 5.41) is 27.3. The lowest BCUT2D eigenvalue weighted by molar-refractivity contribution is 0.0866. The second-order valence-corrected chi connectivity index (χ2v) is 13.1. The van der Waals surface area contributed by atoms with Crippen molar-refractivity contribution in [1.29, 1.82) is 5.26 Å². The zero-order valence-corrected chi connectivity index (χ0v) is 26.7. The third kappa shape index (κ3) is 6.59. The fourth-order valence-electron chi connectivity index (χ4n) is 5.81. The van der Waals surface area contributed by atoms with Crippen molar-refractivity contribution in [1.82, 2.24) is 24.9 Å². The molecule has 5 aromatic rings. The van der Waals surface area contributed by atoms with Gasteiger partial charge in [-0.05, 0) is 75.6 Å². The molecule has 3 heterocycles. The summed E-state index contributed by atoms with van der Waals surface area (Å²) in [5.74, 6) is -0.443. The SMILES string of the molecule is CC(C)(C)N1CCC(n2cc(C(Nc3cc(Cl)c4ncc(C#N)c(Nc5ccccc5F)c4c3)c3ccc(Cl)cc3)nn2)CC1. The molecule has 3 aromatic carbocycles. The number of piperidine rings is 1. The van der Waals surface area contributed by atoms with Crippen molar-refractivity contribution in [2.75, 3.05) is 23.7 Å². The number of para-hydroxylation sites is 1. The molecule has 0 radical (unpaired) electrons. The van der Waals surface area contributed by atoms with Gasteiger partial charge in [0.25, 0.3) is 0 Å². The number of fused-ring (bicyclic) bond motifs is 1. The number of hydrogen-bond acceptors (Lipinski definition) is 7. The van der Waals surface area contributed by atoms with Crippen LogP contribution in [-0.4, -0.2) is 43.5 Å². The molecule has 1 aliphatic heterocycles. The van der Waals surface area contributed by atoms with E-state index in [4.69, 9.17) is 23.2 Å². The first-order chi connectivity index (χ1) is 21.6. The first-order valence-electron chi connectivity index (χ1n) is 14.8. The van der Waals surface area contributed by atoms with Gasteiger partial charge in [-0.3, -0.25) is 9.88 Å². The molecule has 2 aromatic heterocycles. The lowest BCUT2D eigenvalue weighted by atomic mass is 9.98. The summed E-state index contributed by atoms with van der Waals surface area (Å²) in [6.07, 6.45) is 5.43. The number of rotatable bonds is 7. The Morgan fingerprint density at radius 3 is 2.47 bits per heavy atom. The Hall–Kier alpha value is -4.23. The van der Waals surface area contributed by atoms with Crippen molar-refractivity contribution < 1.29 is 4.39 Å². The van der Waals surface area contributed by atoms with Gasteiger partial charge in [0.2, 0.25) is 0 Å². The van der Waals surface area contributed by atoms with E-state index in [2.05, 4.69) is 57.7 Å². The van der Waals surface area contributed by atoms with E-state index in [0.717, 1.165) is 37.2 Å². The predicted molar refractivity (Wildman–Crippen MR) is 178 cm³/mol. The van der Waals surface area contributed by atoms with Crippen molar-refractivity contribution in [2.45, 2.75) is 51.2 Å². The van der Waals surface area contributed by atoms with E-state index in [-0.39, 0.29) is 22.8 Å². The van der Waals surface area contributed by atoms with E-state index < -0.39 is 11.9 Å².